The number of fused-ring (bicyclic) bond motifs is 1. The first-order chi connectivity index (χ1) is 5.92. The van der Waals surface area contributed by atoms with Crippen LogP contribution in [0, 0.1) is 4.51 Å². The van der Waals surface area contributed by atoms with Gasteiger partial charge in [0.2, 0.25) is 0 Å². The van der Waals surface area contributed by atoms with E-state index in [1.165, 1.54) is 10.9 Å². The van der Waals surface area contributed by atoms with Crippen LogP contribution in [0.4, 0.5) is 0 Å². The van der Waals surface area contributed by atoms with Crippen LogP contribution in [0.25, 0.3) is 11.0 Å². The molecule has 0 unspecified atom stereocenters. The Bertz CT molecular complexity index is 487. The lowest BCUT2D eigenvalue weighted by Crippen LogP contribution is -1.70. The number of hydrogen-bond acceptors (Lipinski definition) is 1. The molecule has 0 spiro atoms. The van der Waals surface area contributed by atoms with Crippen molar-refractivity contribution in [3.63, 3.8) is 0 Å². The minimum Gasteiger partial charge on any atom is -0.464 e. The molecule has 1 heterocycles. The standard InChI is InChI=1S/C10H8OS/c1-12-10-6-7-11-9-5-3-2-4-8(9)10/h2-7H,1H2. The monoisotopic (exact) mass is 176 g/mol. The Kier molecular flexibility index (Phi) is 1.84. The van der Waals surface area contributed by atoms with Gasteiger partial charge in [0, 0.05) is 9.90 Å². The van der Waals surface area contributed by atoms with Crippen LogP contribution in [0.3, 0.4) is 0 Å². The molecule has 0 atom stereocenters. The zero-order chi connectivity index (χ0) is 8.39. The largest absolute Gasteiger partial charge is 0.464 e. The van der Waals surface area contributed by atoms with E-state index < -0.39 is 0 Å². The van der Waals surface area contributed by atoms with Crippen molar-refractivity contribution in [2.24, 2.45) is 0 Å². The van der Waals surface area contributed by atoms with Gasteiger partial charge in [0.05, 0.1) is 6.26 Å². The molecule has 0 aliphatic rings. The second-order valence-corrected chi connectivity index (χ2v) is 3.15. The van der Waals surface area contributed by atoms with Crippen molar-refractivity contribution in [1.82, 2.24) is 0 Å². The highest BCUT2D eigenvalue weighted by molar-refractivity contribution is 7.88. The van der Waals surface area contributed by atoms with Crippen molar-refractivity contribution in [2.75, 3.05) is 0 Å². The van der Waals surface area contributed by atoms with Crippen molar-refractivity contribution in [3.05, 3.63) is 41.1 Å². The highest BCUT2D eigenvalue weighted by Crippen LogP contribution is 2.14. The van der Waals surface area contributed by atoms with E-state index in [1.807, 2.05) is 30.3 Å². The molecule has 1 aromatic heterocycles. The molecule has 2 heteroatoms. The fraction of sp³-hybridized carbons (Fsp3) is 0. The third-order valence-electron chi connectivity index (χ3n) is 1.72. The molecule has 1 aromatic carbocycles. The maximum atomic E-state index is 5.31. The topological polar surface area (TPSA) is 13.1 Å². The molecule has 12 heavy (non-hydrogen) atoms. The summed E-state index contributed by atoms with van der Waals surface area (Å²) >= 11 is 0. The van der Waals surface area contributed by atoms with Crippen LogP contribution in [0.15, 0.2) is 41.0 Å². The van der Waals surface area contributed by atoms with E-state index in [0.717, 1.165) is 15.5 Å². The maximum Gasteiger partial charge on any atom is 0.135 e. The van der Waals surface area contributed by atoms with Crippen molar-refractivity contribution < 1.29 is 4.42 Å². The van der Waals surface area contributed by atoms with E-state index in [1.54, 1.807) is 6.26 Å². The number of hydrogen-bond donors (Lipinski definition) is 0. The molecule has 0 saturated heterocycles. The van der Waals surface area contributed by atoms with Crippen molar-refractivity contribution >= 4 is 27.8 Å². The van der Waals surface area contributed by atoms with Crippen LogP contribution in [-0.4, -0.2) is 5.87 Å². The van der Waals surface area contributed by atoms with E-state index in [0.29, 0.717) is 0 Å². The van der Waals surface area contributed by atoms with E-state index in [4.69, 9.17) is 4.42 Å². The minimum absolute atomic E-state index is 0.908. The quantitative estimate of drug-likeness (QED) is 0.562. The Morgan fingerprint density at radius 1 is 1.17 bits per heavy atom. The Hall–Kier alpha value is -1.28. The lowest BCUT2D eigenvalue weighted by molar-refractivity contribution is 0.603. The molecular formula is C10H8OS. The summed E-state index contributed by atoms with van der Waals surface area (Å²) in [6.45, 7) is 0. The molecule has 0 aliphatic carbocycles. The number of rotatable bonds is 0. The van der Waals surface area contributed by atoms with E-state index >= 15 is 0 Å². The molecule has 0 fully saturated rings. The van der Waals surface area contributed by atoms with Crippen LogP contribution in [0.1, 0.15) is 0 Å². The second-order valence-electron chi connectivity index (χ2n) is 2.43. The molecule has 0 amide bonds. The summed E-state index contributed by atoms with van der Waals surface area (Å²) in [4.78, 5) is 0. The maximum absolute atomic E-state index is 5.31. The van der Waals surface area contributed by atoms with Crippen LogP contribution < -0.4 is 0 Å². The first-order valence-corrected chi connectivity index (χ1v) is 4.62. The Labute approximate surface area is 73.8 Å². The average Bonchev–Trinajstić information content (AvgIpc) is 2.17. The van der Waals surface area contributed by atoms with Crippen LogP contribution in [0.2, 0.25) is 0 Å². The fourth-order valence-corrected chi connectivity index (χ4v) is 1.63. The predicted molar refractivity (Wildman–Crippen MR) is 54.2 cm³/mol. The van der Waals surface area contributed by atoms with Gasteiger partial charge in [-0.1, -0.05) is 12.1 Å². The first-order valence-electron chi connectivity index (χ1n) is 3.63. The second kappa shape index (κ2) is 2.99. The van der Waals surface area contributed by atoms with Gasteiger partial charge in [-0.2, -0.15) is 10.9 Å². The molecule has 0 bridgehead atoms. The summed E-state index contributed by atoms with van der Waals surface area (Å²) in [5.41, 5.74) is 0.908. The Balaban J connectivity index is 3.09. The van der Waals surface area contributed by atoms with Gasteiger partial charge in [-0.15, -0.1) is 0 Å². The van der Waals surface area contributed by atoms with Gasteiger partial charge >= 0.3 is 0 Å². The highest BCUT2D eigenvalue weighted by Gasteiger charge is 1.92. The lowest BCUT2D eigenvalue weighted by Gasteiger charge is -1.93. The smallest absolute Gasteiger partial charge is 0.135 e. The van der Waals surface area contributed by atoms with Gasteiger partial charge in [0.25, 0.3) is 0 Å². The van der Waals surface area contributed by atoms with Gasteiger partial charge in [-0.05, 0) is 24.1 Å². The third kappa shape index (κ3) is 1.10. The van der Waals surface area contributed by atoms with Crippen LogP contribution in [-0.2, 0) is 0 Å². The van der Waals surface area contributed by atoms with Gasteiger partial charge < -0.3 is 4.42 Å². The number of para-hydroxylation sites is 1. The van der Waals surface area contributed by atoms with Crippen molar-refractivity contribution in [3.8, 4) is 0 Å². The summed E-state index contributed by atoms with van der Waals surface area (Å²) in [6.07, 6.45) is 1.69. The van der Waals surface area contributed by atoms with Crippen LogP contribution >= 0.6 is 10.9 Å². The predicted octanol–water partition coefficient (Wildman–Crippen LogP) is 3.13. The Morgan fingerprint density at radius 3 is 2.83 bits per heavy atom. The molecule has 0 N–H and O–H groups in total. The van der Waals surface area contributed by atoms with Gasteiger partial charge in [-0.25, -0.2) is 0 Å². The Morgan fingerprint density at radius 2 is 2.00 bits per heavy atom. The normalized spacial score (nSPS) is 10.0. The van der Waals surface area contributed by atoms with Gasteiger partial charge in [0.15, 0.2) is 0 Å². The molecule has 2 aromatic rings. The molecule has 0 radical (unpaired) electrons. The zero-order valence-electron chi connectivity index (χ0n) is 6.49. The van der Waals surface area contributed by atoms with Crippen LogP contribution in [0.5, 0.6) is 0 Å². The SMILES string of the molecule is C=S=c1ccoc2ccccc12. The molecule has 1 nitrogen and oxygen atoms in total. The third-order valence-corrected chi connectivity index (χ3v) is 2.39. The van der Waals surface area contributed by atoms with Gasteiger partial charge in [0.1, 0.15) is 5.58 Å². The van der Waals surface area contributed by atoms with Crippen molar-refractivity contribution in [2.45, 2.75) is 0 Å². The summed E-state index contributed by atoms with van der Waals surface area (Å²) < 4.78 is 6.46. The van der Waals surface area contributed by atoms with Crippen molar-refractivity contribution in [1.29, 1.82) is 0 Å². The number of benzene rings is 1. The zero-order valence-corrected chi connectivity index (χ0v) is 7.30. The highest BCUT2D eigenvalue weighted by atomic mass is 32.1. The van der Waals surface area contributed by atoms with Gasteiger partial charge in [-0.3, -0.25) is 0 Å². The average molecular weight is 176 g/mol. The summed E-state index contributed by atoms with van der Waals surface area (Å²) in [5, 5.41) is 1.12. The molecule has 0 aliphatic heterocycles. The first kappa shape index (κ1) is 7.37. The lowest BCUT2D eigenvalue weighted by atomic mass is 10.2. The summed E-state index contributed by atoms with van der Waals surface area (Å²) in [5.74, 6) is 3.78. The minimum atomic E-state index is 0.908. The van der Waals surface area contributed by atoms with E-state index in [9.17, 15) is 0 Å². The fourth-order valence-electron chi connectivity index (χ4n) is 1.16. The molecule has 60 valence electrons. The molecular weight excluding hydrogens is 168 g/mol. The molecule has 2 rings (SSSR count). The molecule has 0 saturated carbocycles. The van der Waals surface area contributed by atoms with E-state index in [2.05, 4.69) is 5.87 Å². The summed E-state index contributed by atoms with van der Waals surface area (Å²) in [6, 6.07) is 9.88. The summed E-state index contributed by atoms with van der Waals surface area (Å²) in [7, 11) is 1.49. The van der Waals surface area contributed by atoms with E-state index in [-0.39, 0.29) is 0 Å².